The first-order valence-corrected chi connectivity index (χ1v) is 5.76. The predicted molar refractivity (Wildman–Crippen MR) is 63.5 cm³/mol. The molecule has 0 saturated carbocycles. The van der Waals surface area contributed by atoms with Gasteiger partial charge in [0.2, 0.25) is 0 Å². The average molecular weight is 204 g/mol. The van der Waals surface area contributed by atoms with Gasteiger partial charge in [0.05, 0.1) is 0 Å². The maximum absolute atomic E-state index is 6.03. The van der Waals surface area contributed by atoms with Gasteiger partial charge < -0.3 is 5.73 Å². The zero-order valence-corrected chi connectivity index (χ0v) is 9.39. The lowest BCUT2D eigenvalue weighted by Gasteiger charge is -2.34. The Morgan fingerprint density at radius 1 is 1.27 bits per heavy atom. The third-order valence-corrected chi connectivity index (χ3v) is 3.02. The summed E-state index contributed by atoms with van der Waals surface area (Å²) in [5.74, 6) is 0.734. The van der Waals surface area contributed by atoms with E-state index in [1.807, 2.05) is 0 Å². The quantitative estimate of drug-likeness (QED) is 0.796. The van der Waals surface area contributed by atoms with Crippen molar-refractivity contribution < 1.29 is 0 Å². The summed E-state index contributed by atoms with van der Waals surface area (Å²) in [5, 5.41) is 0. The highest BCUT2D eigenvalue weighted by Crippen LogP contribution is 2.17. The fourth-order valence-corrected chi connectivity index (χ4v) is 2.48. The Balaban J connectivity index is 1.94. The van der Waals surface area contributed by atoms with E-state index < -0.39 is 0 Å². The van der Waals surface area contributed by atoms with Crippen LogP contribution in [0.2, 0.25) is 0 Å². The highest BCUT2D eigenvalue weighted by atomic mass is 15.1. The molecule has 0 amide bonds. The second-order valence-corrected chi connectivity index (χ2v) is 4.78. The normalized spacial score (nSPS) is 27.9. The molecule has 0 aliphatic carbocycles. The first kappa shape index (κ1) is 10.7. The van der Waals surface area contributed by atoms with Crippen molar-refractivity contribution in [2.24, 2.45) is 11.7 Å². The van der Waals surface area contributed by atoms with Gasteiger partial charge in [0, 0.05) is 25.7 Å². The molecule has 0 radical (unpaired) electrons. The Kier molecular flexibility index (Phi) is 3.39. The van der Waals surface area contributed by atoms with Gasteiger partial charge in [-0.1, -0.05) is 37.3 Å². The van der Waals surface area contributed by atoms with Gasteiger partial charge in [-0.2, -0.15) is 0 Å². The summed E-state index contributed by atoms with van der Waals surface area (Å²) in [6.45, 7) is 5.55. The molecule has 82 valence electrons. The van der Waals surface area contributed by atoms with Crippen molar-refractivity contribution >= 4 is 0 Å². The molecule has 0 bridgehead atoms. The minimum absolute atomic E-state index is 0.359. The molecule has 0 unspecified atom stereocenters. The van der Waals surface area contributed by atoms with E-state index in [0.717, 1.165) is 19.0 Å². The van der Waals surface area contributed by atoms with Gasteiger partial charge in [-0.15, -0.1) is 0 Å². The molecule has 0 aromatic heterocycles. The maximum Gasteiger partial charge on any atom is 0.0234 e. The lowest BCUT2D eigenvalue weighted by Crippen LogP contribution is -2.45. The molecular formula is C13H20N2. The number of hydrogen-bond donors (Lipinski definition) is 1. The molecule has 2 atom stereocenters. The number of hydrogen-bond acceptors (Lipinski definition) is 2. The van der Waals surface area contributed by atoms with Crippen LogP contribution in [0.25, 0.3) is 0 Å². The molecule has 1 aliphatic heterocycles. The molecule has 1 heterocycles. The number of likely N-dealkylation sites (tertiary alicyclic amines) is 1. The van der Waals surface area contributed by atoms with Crippen LogP contribution >= 0.6 is 0 Å². The van der Waals surface area contributed by atoms with Gasteiger partial charge in [0.1, 0.15) is 0 Å². The number of rotatable bonds is 2. The second kappa shape index (κ2) is 4.77. The summed E-state index contributed by atoms with van der Waals surface area (Å²) in [7, 11) is 0. The van der Waals surface area contributed by atoms with Crippen LogP contribution in [-0.2, 0) is 6.54 Å². The number of benzene rings is 1. The Labute approximate surface area is 92.1 Å². The summed E-state index contributed by atoms with van der Waals surface area (Å²) in [6, 6.07) is 11.0. The molecule has 1 aromatic rings. The van der Waals surface area contributed by atoms with Crippen molar-refractivity contribution in [3.8, 4) is 0 Å². The highest BCUT2D eigenvalue weighted by molar-refractivity contribution is 5.14. The van der Waals surface area contributed by atoms with Crippen LogP contribution < -0.4 is 5.73 Å². The summed E-state index contributed by atoms with van der Waals surface area (Å²) in [5.41, 5.74) is 7.42. The van der Waals surface area contributed by atoms with E-state index in [-0.39, 0.29) is 0 Å². The van der Waals surface area contributed by atoms with Gasteiger partial charge in [-0.05, 0) is 17.9 Å². The molecule has 2 rings (SSSR count). The number of nitrogens with two attached hydrogens (primary N) is 1. The Morgan fingerprint density at radius 3 is 2.67 bits per heavy atom. The standard InChI is InChI=1S/C13H20N2/c1-11-7-13(14)10-15(8-11)9-12-5-3-2-4-6-12/h2-6,11,13H,7-10,14H2,1H3/t11-,13+/m0/s1. The molecule has 1 aromatic carbocycles. The molecular weight excluding hydrogens is 184 g/mol. The fraction of sp³-hybridized carbons (Fsp3) is 0.538. The Hall–Kier alpha value is -0.860. The van der Waals surface area contributed by atoms with Crippen molar-refractivity contribution in [1.82, 2.24) is 4.90 Å². The molecule has 1 saturated heterocycles. The monoisotopic (exact) mass is 204 g/mol. The summed E-state index contributed by atoms with van der Waals surface area (Å²) >= 11 is 0. The van der Waals surface area contributed by atoms with Gasteiger partial charge >= 0.3 is 0 Å². The van der Waals surface area contributed by atoms with Crippen molar-refractivity contribution in [3.05, 3.63) is 35.9 Å². The zero-order chi connectivity index (χ0) is 10.7. The van der Waals surface area contributed by atoms with Crippen LogP contribution in [0.4, 0.5) is 0 Å². The second-order valence-electron chi connectivity index (χ2n) is 4.78. The van der Waals surface area contributed by atoms with Gasteiger partial charge in [-0.25, -0.2) is 0 Å². The van der Waals surface area contributed by atoms with Crippen LogP contribution in [0.1, 0.15) is 18.9 Å². The van der Waals surface area contributed by atoms with Crippen LogP contribution in [0.5, 0.6) is 0 Å². The molecule has 0 spiro atoms. The van der Waals surface area contributed by atoms with E-state index in [1.54, 1.807) is 0 Å². The SMILES string of the molecule is C[C@H]1C[C@@H](N)CN(Cc2ccccc2)C1. The van der Waals surface area contributed by atoms with E-state index >= 15 is 0 Å². The summed E-state index contributed by atoms with van der Waals surface area (Å²) in [4.78, 5) is 2.47. The lowest BCUT2D eigenvalue weighted by atomic mass is 9.96. The third-order valence-electron chi connectivity index (χ3n) is 3.02. The lowest BCUT2D eigenvalue weighted by molar-refractivity contribution is 0.158. The molecule has 1 aliphatic rings. The van der Waals surface area contributed by atoms with E-state index in [1.165, 1.54) is 18.5 Å². The Morgan fingerprint density at radius 2 is 2.00 bits per heavy atom. The zero-order valence-electron chi connectivity index (χ0n) is 9.39. The van der Waals surface area contributed by atoms with Crippen molar-refractivity contribution in [2.75, 3.05) is 13.1 Å². The summed E-state index contributed by atoms with van der Waals surface area (Å²) in [6.07, 6.45) is 1.17. The van der Waals surface area contributed by atoms with E-state index in [2.05, 4.69) is 42.2 Å². The van der Waals surface area contributed by atoms with E-state index in [9.17, 15) is 0 Å². The van der Waals surface area contributed by atoms with Crippen LogP contribution in [0.3, 0.4) is 0 Å². The topological polar surface area (TPSA) is 29.3 Å². The minimum Gasteiger partial charge on any atom is -0.327 e. The fourth-order valence-electron chi connectivity index (χ4n) is 2.48. The Bertz CT molecular complexity index is 287. The first-order chi connectivity index (χ1) is 7.24. The number of piperidine rings is 1. The minimum atomic E-state index is 0.359. The van der Waals surface area contributed by atoms with Crippen LogP contribution in [0, 0.1) is 5.92 Å². The first-order valence-electron chi connectivity index (χ1n) is 5.76. The van der Waals surface area contributed by atoms with Gasteiger partial charge in [0.15, 0.2) is 0 Å². The highest BCUT2D eigenvalue weighted by Gasteiger charge is 2.21. The summed E-state index contributed by atoms with van der Waals surface area (Å²) < 4.78 is 0. The molecule has 2 N–H and O–H groups in total. The van der Waals surface area contributed by atoms with Gasteiger partial charge in [0.25, 0.3) is 0 Å². The van der Waals surface area contributed by atoms with Crippen molar-refractivity contribution in [1.29, 1.82) is 0 Å². The van der Waals surface area contributed by atoms with E-state index in [0.29, 0.717) is 6.04 Å². The van der Waals surface area contributed by atoms with Crippen molar-refractivity contribution in [3.63, 3.8) is 0 Å². The average Bonchev–Trinajstić information content (AvgIpc) is 2.17. The molecule has 2 heteroatoms. The smallest absolute Gasteiger partial charge is 0.0234 e. The van der Waals surface area contributed by atoms with Gasteiger partial charge in [-0.3, -0.25) is 4.90 Å². The molecule has 1 fully saturated rings. The molecule has 15 heavy (non-hydrogen) atoms. The predicted octanol–water partition coefficient (Wildman–Crippen LogP) is 1.86. The van der Waals surface area contributed by atoms with Crippen LogP contribution in [0.15, 0.2) is 30.3 Å². The largest absolute Gasteiger partial charge is 0.327 e. The van der Waals surface area contributed by atoms with Crippen molar-refractivity contribution in [2.45, 2.75) is 25.9 Å². The third kappa shape index (κ3) is 3.05. The number of nitrogens with zero attached hydrogens (tertiary/aromatic N) is 1. The molecule has 2 nitrogen and oxygen atoms in total. The van der Waals surface area contributed by atoms with Crippen LogP contribution in [-0.4, -0.2) is 24.0 Å². The van der Waals surface area contributed by atoms with E-state index in [4.69, 9.17) is 5.73 Å². The maximum atomic E-state index is 6.03.